The number of nitrogens with zero attached hydrogens (tertiary/aromatic N) is 1. The van der Waals surface area contributed by atoms with Crippen LogP contribution in [-0.2, 0) is 15.2 Å². The van der Waals surface area contributed by atoms with Crippen molar-refractivity contribution in [3.05, 3.63) is 59.7 Å². The van der Waals surface area contributed by atoms with E-state index in [4.69, 9.17) is 4.74 Å². The summed E-state index contributed by atoms with van der Waals surface area (Å²) in [6.07, 6.45) is -0.224. The molecule has 0 saturated carbocycles. The van der Waals surface area contributed by atoms with Gasteiger partial charge in [0.2, 0.25) is 0 Å². The first-order chi connectivity index (χ1) is 11.9. The van der Waals surface area contributed by atoms with Crippen LogP contribution in [0.2, 0.25) is 0 Å². The van der Waals surface area contributed by atoms with Crippen molar-refractivity contribution in [1.29, 1.82) is 0 Å². The minimum atomic E-state index is -1.79. The quantitative estimate of drug-likeness (QED) is 0.878. The number of rotatable bonds is 6. The summed E-state index contributed by atoms with van der Waals surface area (Å²) in [6, 6.07) is 14.7. The third-order valence-electron chi connectivity index (χ3n) is 4.38. The molecule has 2 aromatic rings. The third-order valence-corrected chi connectivity index (χ3v) is 4.38. The van der Waals surface area contributed by atoms with Crippen LogP contribution in [0, 0.1) is 6.92 Å². The van der Waals surface area contributed by atoms with Crippen LogP contribution < -0.4 is 9.64 Å². The van der Waals surface area contributed by atoms with Crippen LogP contribution in [-0.4, -0.2) is 29.9 Å². The van der Waals surface area contributed by atoms with Gasteiger partial charge in [-0.15, -0.1) is 0 Å². The van der Waals surface area contributed by atoms with Gasteiger partial charge >= 0.3 is 0 Å². The highest BCUT2D eigenvalue weighted by molar-refractivity contribution is 6.09. The summed E-state index contributed by atoms with van der Waals surface area (Å²) < 4.78 is 5.68. The minimum Gasteiger partial charge on any atom is -0.492 e. The number of carbonyl (C=O) groups is 2. The minimum absolute atomic E-state index is 0.224. The molecule has 0 radical (unpaired) electrons. The average molecular weight is 339 g/mol. The lowest BCUT2D eigenvalue weighted by atomic mass is 9.89. The van der Waals surface area contributed by atoms with Crippen LogP contribution in [0.4, 0.5) is 5.69 Å². The average Bonchev–Trinajstić information content (AvgIpc) is 2.78. The van der Waals surface area contributed by atoms with Gasteiger partial charge in [0.25, 0.3) is 5.91 Å². The number of para-hydroxylation sites is 2. The fraction of sp³-hybridized carbons (Fsp3) is 0.300. The molecule has 2 aromatic carbocycles. The maximum atomic E-state index is 12.9. The Morgan fingerprint density at radius 2 is 1.88 bits per heavy atom. The van der Waals surface area contributed by atoms with Gasteiger partial charge in [-0.1, -0.05) is 36.4 Å². The lowest BCUT2D eigenvalue weighted by Gasteiger charge is -2.22. The Kier molecular flexibility index (Phi) is 4.59. The Morgan fingerprint density at radius 1 is 1.16 bits per heavy atom. The number of ketones is 1. The summed E-state index contributed by atoms with van der Waals surface area (Å²) in [5.41, 5.74) is 0.255. The molecule has 5 heteroatoms. The van der Waals surface area contributed by atoms with Gasteiger partial charge in [0.05, 0.1) is 12.2 Å². The molecule has 0 spiro atoms. The first kappa shape index (κ1) is 17.2. The second-order valence-electron chi connectivity index (χ2n) is 6.33. The Bertz CT molecular complexity index is 803. The van der Waals surface area contributed by atoms with Crippen LogP contribution in [0.15, 0.2) is 48.5 Å². The maximum absolute atomic E-state index is 12.9. The molecule has 0 aromatic heterocycles. The zero-order valence-electron chi connectivity index (χ0n) is 14.4. The second kappa shape index (κ2) is 6.69. The highest BCUT2D eigenvalue weighted by atomic mass is 16.5. The van der Waals surface area contributed by atoms with Gasteiger partial charge in [-0.05, 0) is 31.5 Å². The van der Waals surface area contributed by atoms with E-state index in [9.17, 15) is 14.7 Å². The number of Topliss-reactive ketones (excluding diaryl/α,β-unsaturated/α-hetero) is 1. The number of benzene rings is 2. The van der Waals surface area contributed by atoms with Crippen molar-refractivity contribution in [2.24, 2.45) is 0 Å². The van der Waals surface area contributed by atoms with Crippen molar-refractivity contribution in [3.8, 4) is 5.75 Å². The molecule has 1 aliphatic rings. The van der Waals surface area contributed by atoms with Crippen molar-refractivity contribution < 1.29 is 19.4 Å². The van der Waals surface area contributed by atoms with E-state index < -0.39 is 11.5 Å². The van der Waals surface area contributed by atoms with Crippen molar-refractivity contribution >= 4 is 17.4 Å². The Balaban J connectivity index is 1.85. The standard InChI is InChI=1S/C20H21NO4/c1-14-7-6-10-17-18(14)21(19(23)20(17,24)13-15(2)22)11-12-25-16-8-4-3-5-9-16/h3-10,24H,11-13H2,1-2H3/t20-/m0/s1. The molecule has 130 valence electrons. The zero-order chi connectivity index (χ0) is 18.0. The molecule has 25 heavy (non-hydrogen) atoms. The Labute approximate surface area is 146 Å². The molecule has 1 aliphatic heterocycles. The van der Waals surface area contributed by atoms with Gasteiger partial charge in [0.1, 0.15) is 18.1 Å². The predicted molar refractivity (Wildman–Crippen MR) is 94.7 cm³/mol. The van der Waals surface area contributed by atoms with Crippen molar-refractivity contribution in [3.63, 3.8) is 0 Å². The topological polar surface area (TPSA) is 66.8 Å². The van der Waals surface area contributed by atoms with Gasteiger partial charge in [-0.25, -0.2) is 0 Å². The summed E-state index contributed by atoms with van der Waals surface area (Å²) in [7, 11) is 0. The molecule has 1 N–H and O–H groups in total. The van der Waals surface area contributed by atoms with E-state index in [2.05, 4.69) is 0 Å². The molecule has 1 heterocycles. The smallest absolute Gasteiger partial charge is 0.264 e. The summed E-state index contributed by atoms with van der Waals surface area (Å²) in [5, 5.41) is 10.9. The fourth-order valence-electron chi connectivity index (χ4n) is 3.31. The van der Waals surface area contributed by atoms with Crippen LogP contribution in [0.5, 0.6) is 5.75 Å². The number of aryl methyl sites for hydroxylation is 1. The summed E-state index contributed by atoms with van der Waals surface area (Å²) >= 11 is 0. The molecule has 3 rings (SSSR count). The summed E-state index contributed by atoms with van der Waals surface area (Å²) in [6.45, 7) is 3.85. The highest BCUT2D eigenvalue weighted by Crippen LogP contribution is 2.44. The molecule has 5 nitrogen and oxygen atoms in total. The lowest BCUT2D eigenvalue weighted by Crippen LogP contribution is -2.43. The molecule has 1 atom stereocenters. The lowest BCUT2D eigenvalue weighted by molar-refractivity contribution is -0.141. The molecule has 0 bridgehead atoms. The first-order valence-corrected chi connectivity index (χ1v) is 8.25. The number of anilines is 1. The van der Waals surface area contributed by atoms with E-state index in [1.54, 1.807) is 12.1 Å². The number of aliphatic hydroxyl groups is 1. The molecular weight excluding hydrogens is 318 g/mol. The fourth-order valence-corrected chi connectivity index (χ4v) is 3.31. The van der Waals surface area contributed by atoms with E-state index in [1.807, 2.05) is 43.3 Å². The van der Waals surface area contributed by atoms with E-state index >= 15 is 0 Å². The van der Waals surface area contributed by atoms with Crippen LogP contribution in [0.3, 0.4) is 0 Å². The van der Waals surface area contributed by atoms with E-state index in [1.165, 1.54) is 11.8 Å². The van der Waals surface area contributed by atoms with Gasteiger partial charge in [0.15, 0.2) is 5.60 Å². The first-order valence-electron chi connectivity index (χ1n) is 8.25. The molecule has 0 aliphatic carbocycles. The summed E-state index contributed by atoms with van der Waals surface area (Å²) in [4.78, 5) is 26.0. The molecule has 1 amide bonds. The SMILES string of the molecule is CC(=O)C[C@@]1(O)C(=O)N(CCOc2ccccc2)c2c(C)cccc21. The molecule has 0 saturated heterocycles. The predicted octanol–water partition coefficient (Wildman–Crippen LogP) is 2.59. The number of hydrogen-bond acceptors (Lipinski definition) is 4. The number of fused-ring (bicyclic) bond motifs is 1. The molecule has 0 unspecified atom stereocenters. The molecular formula is C20H21NO4. The number of carbonyl (C=O) groups excluding carboxylic acids is 2. The number of ether oxygens (including phenoxy) is 1. The normalized spacial score (nSPS) is 19.0. The monoisotopic (exact) mass is 339 g/mol. The summed E-state index contributed by atoms with van der Waals surface area (Å²) in [5.74, 6) is 0.0208. The molecule has 0 fully saturated rings. The zero-order valence-corrected chi connectivity index (χ0v) is 14.4. The maximum Gasteiger partial charge on any atom is 0.264 e. The van der Waals surface area contributed by atoms with Gasteiger partial charge in [0, 0.05) is 12.0 Å². The van der Waals surface area contributed by atoms with E-state index in [0.29, 0.717) is 24.4 Å². The van der Waals surface area contributed by atoms with Crippen LogP contribution >= 0.6 is 0 Å². The van der Waals surface area contributed by atoms with Gasteiger partial charge in [-0.3, -0.25) is 9.59 Å². The van der Waals surface area contributed by atoms with Crippen LogP contribution in [0.1, 0.15) is 24.5 Å². The third kappa shape index (κ3) is 3.15. The van der Waals surface area contributed by atoms with E-state index in [-0.39, 0.29) is 12.2 Å². The van der Waals surface area contributed by atoms with Gasteiger partial charge < -0.3 is 14.7 Å². The van der Waals surface area contributed by atoms with Crippen molar-refractivity contribution in [2.45, 2.75) is 25.9 Å². The largest absolute Gasteiger partial charge is 0.492 e. The van der Waals surface area contributed by atoms with Gasteiger partial charge in [-0.2, -0.15) is 0 Å². The number of amides is 1. The number of hydrogen-bond donors (Lipinski definition) is 1. The Hall–Kier alpha value is -2.66. The van der Waals surface area contributed by atoms with Crippen molar-refractivity contribution in [1.82, 2.24) is 0 Å². The second-order valence-corrected chi connectivity index (χ2v) is 6.33. The van der Waals surface area contributed by atoms with Crippen molar-refractivity contribution in [2.75, 3.05) is 18.1 Å². The highest BCUT2D eigenvalue weighted by Gasteiger charge is 2.50. The Morgan fingerprint density at radius 3 is 2.56 bits per heavy atom. The van der Waals surface area contributed by atoms with E-state index in [0.717, 1.165) is 11.3 Å². The van der Waals surface area contributed by atoms with Crippen LogP contribution in [0.25, 0.3) is 0 Å².